The van der Waals surface area contributed by atoms with Gasteiger partial charge >= 0.3 is 6.18 Å². The lowest BCUT2D eigenvalue weighted by Crippen LogP contribution is -2.35. The molecule has 8 heteroatoms. The number of halogens is 3. The van der Waals surface area contributed by atoms with Crippen molar-refractivity contribution in [3.05, 3.63) is 29.3 Å². The van der Waals surface area contributed by atoms with Crippen molar-refractivity contribution < 1.29 is 27.9 Å². The van der Waals surface area contributed by atoms with Crippen LogP contribution in [0.3, 0.4) is 0 Å². The lowest BCUT2D eigenvalue weighted by molar-refractivity contribution is -0.137. The maximum atomic E-state index is 12.9. The number of amides is 2. The van der Waals surface area contributed by atoms with E-state index in [9.17, 15) is 22.8 Å². The molecular weight excluding hydrogens is 313 g/mol. The first-order valence-electron chi connectivity index (χ1n) is 7.09. The van der Waals surface area contributed by atoms with Crippen molar-refractivity contribution in [1.82, 2.24) is 5.32 Å². The van der Waals surface area contributed by atoms with Gasteiger partial charge in [-0.2, -0.15) is 13.2 Å². The Morgan fingerprint density at radius 3 is 2.39 bits per heavy atom. The molecule has 0 saturated heterocycles. The molecule has 1 atom stereocenters. The van der Waals surface area contributed by atoms with Crippen molar-refractivity contribution in [3.63, 3.8) is 0 Å². The predicted octanol–water partition coefficient (Wildman–Crippen LogP) is 2.55. The van der Waals surface area contributed by atoms with Crippen LogP contribution in [-0.2, 0) is 11.0 Å². The van der Waals surface area contributed by atoms with E-state index in [1.807, 2.05) is 0 Å². The number of hydrogen-bond acceptors (Lipinski definition) is 3. The Hall–Kier alpha value is -2.09. The third-order valence-corrected chi connectivity index (χ3v) is 3.15. The van der Waals surface area contributed by atoms with E-state index in [-0.39, 0.29) is 23.9 Å². The molecule has 5 nitrogen and oxygen atoms in total. The van der Waals surface area contributed by atoms with Crippen LogP contribution in [-0.4, -0.2) is 29.6 Å². The summed E-state index contributed by atoms with van der Waals surface area (Å²) in [5, 5.41) is 13.7. The second kappa shape index (κ2) is 7.96. The lowest BCUT2D eigenvalue weighted by atomic mass is 10.1. The van der Waals surface area contributed by atoms with Gasteiger partial charge in [-0.3, -0.25) is 9.59 Å². The highest BCUT2D eigenvalue weighted by Crippen LogP contribution is 2.32. The molecule has 0 aliphatic rings. The van der Waals surface area contributed by atoms with Crippen LogP contribution >= 0.6 is 0 Å². The molecule has 1 aromatic rings. The monoisotopic (exact) mass is 332 g/mol. The van der Waals surface area contributed by atoms with Gasteiger partial charge in [0.2, 0.25) is 5.91 Å². The largest absolute Gasteiger partial charge is 0.416 e. The van der Waals surface area contributed by atoms with Crippen LogP contribution < -0.4 is 10.6 Å². The number of aliphatic hydroxyl groups is 1. The summed E-state index contributed by atoms with van der Waals surface area (Å²) in [4.78, 5) is 23.2. The Balaban J connectivity index is 3.13. The topological polar surface area (TPSA) is 78.4 Å². The van der Waals surface area contributed by atoms with Crippen LogP contribution in [0.4, 0.5) is 18.9 Å². The predicted molar refractivity (Wildman–Crippen MR) is 79.0 cm³/mol. The van der Waals surface area contributed by atoms with Gasteiger partial charge in [-0.25, -0.2) is 0 Å². The summed E-state index contributed by atoms with van der Waals surface area (Å²) in [5.41, 5.74) is -1.34. The molecule has 0 heterocycles. The Morgan fingerprint density at radius 1 is 1.26 bits per heavy atom. The molecule has 0 aliphatic carbocycles. The van der Waals surface area contributed by atoms with Gasteiger partial charge < -0.3 is 15.7 Å². The molecular formula is C15H19F3N2O3. The van der Waals surface area contributed by atoms with Crippen LogP contribution in [0.1, 0.15) is 42.6 Å². The van der Waals surface area contributed by atoms with Crippen LogP contribution in [0.25, 0.3) is 0 Å². The maximum Gasteiger partial charge on any atom is 0.416 e. The molecule has 1 rings (SSSR count). The Morgan fingerprint density at radius 2 is 1.91 bits per heavy atom. The number of carbonyl (C=O) groups is 2. The molecule has 1 unspecified atom stereocenters. The summed E-state index contributed by atoms with van der Waals surface area (Å²) in [5.74, 6) is -1.23. The number of rotatable bonds is 6. The standard InChI is InChI=1S/C15H19F3N2O3/c1-3-12(4-5-21)20-14(23)10-6-11(15(16,17)18)8-13(7-10)19-9(2)22/h6-8,12,21H,3-5H2,1-2H3,(H,19,22)(H,20,23). The maximum absolute atomic E-state index is 12.9. The van der Waals surface area contributed by atoms with E-state index in [1.54, 1.807) is 6.92 Å². The van der Waals surface area contributed by atoms with Crippen molar-refractivity contribution in [1.29, 1.82) is 0 Å². The molecule has 0 saturated carbocycles. The van der Waals surface area contributed by atoms with Crippen LogP contribution in [0, 0.1) is 0 Å². The number of anilines is 1. The number of alkyl halides is 3. The molecule has 0 spiro atoms. The van der Waals surface area contributed by atoms with E-state index in [0.717, 1.165) is 19.1 Å². The van der Waals surface area contributed by atoms with E-state index in [4.69, 9.17) is 5.11 Å². The minimum Gasteiger partial charge on any atom is -0.396 e. The fraction of sp³-hybridized carbons (Fsp3) is 0.467. The molecule has 0 aromatic heterocycles. The van der Waals surface area contributed by atoms with E-state index < -0.39 is 23.6 Å². The summed E-state index contributed by atoms with van der Waals surface area (Å²) in [6, 6.07) is 2.33. The fourth-order valence-corrected chi connectivity index (χ4v) is 2.00. The number of hydrogen-bond donors (Lipinski definition) is 3. The highest BCUT2D eigenvalue weighted by Gasteiger charge is 2.32. The zero-order valence-corrected chi connectivity index (χ0v) is 12.8. The second-order valence-corrected chi connectivity index (χ2v) is 5.07. The summed E-state index contributed by atoms with van der Waals surface area (Å²) in [6.45, 7) is 2.81. The van der Waals surface area contributed by atoms with Crippen molar-refractivity contribution in [2.24, 2.45) is 0 Å². The van der Waals surface area contributed by atoms with Gasteiger partial charge in [0.05, 0.1) is 5.56 Å². The average molecular weight is 332 g/mol. The van der Waals surface area contributed by atoms with Crippen molar-refractivity contribution >= 4 is 17.5 Å². The van der Waals surface area contributed by atoms with Crippen molar-refractivity contribution in [2.45, 2.75) is 38.9 Å². The molecule has 0 bridgehead atoms. The molecule has 1 aromatic carbocycles. The molecule has 23 heavy (non-hydrogen) atoms. The number of carbonyl (C=O) groups excluding carboxylic acids is 2. The van der Waals surface area contributed by atoms with Gasteiger partial charge in [-0.1, -0.05) is 6.92 Å². The minimum atomic E-state index is -4.64. The molecule has 128 valence electrons. The van der Waals surface area contributed by atoms with Crippen LogP contribution in [0.2, 0.25) is 0 Å². The van der Waals surface area contributed by atoms with Gasteiger partial charge in [0.1, 0.15) is 0 Å². The minimum absolute atomic E-state index is 0.104. The Bertz CT molecular complexity index is 574. The Labute approximate surface area is 131 Å². The van der Waals surface area contributed by atoms with Gasteiger partial charge in [-0.15, -0.1) is 0 Å². The third-order valence-electron chi connectivity index (χ3n) is 3.15. The van der Waals surface area contributed by atoms with Crippen LogP contribution in [0.5, 0.6) is 0 Å². The first kappa shape index (κ1) is 19.0. The quantitative estimate of drug-likeness (QED) is 0.749. The highest BCUT2D eigenvalue weighted by atomic mass is 19.4. The van der Waals surface area contributed by atoms with Gasteiger partial charge in [0, 0.05) is 30.8 Å². The van der Waals surface area contributed by atoms with Crippen molar-refractivity contribution in [3.8, 4) is 0 Å². The van der Waals surface area contributed by atoms with E-state index in [0.29, 0.717) is 12.8 Å². The number of benzene rings is 1. The number of aliphatic hydroxyl groups excluding tert-OH is 1. The fourth-order valence-electron chi connectivity index (χ4n) is 2.00. The third kappa shape index (κ3) is 5.90. The normalized spacial score (nSPS) is 12.6. The van der Waals surface area contributed by atoms with Gasteiger partial charge in [0.15, 0.2) is 0 Å². The highest BCUT2D eigenvalue weighted by molar-refractivity contribution is 5.97. The van der Waals surface area contributed by atoms with E-state index in [2.05, 4.69) is 10.6 Å². The Kier molecular flexibility index (Phi) is 6.56. The molecule has 0 radical (unpaired) electrons. The molecule has 3 N–H and O–H groups in total. The summed E-state index contributed by atoms with van der Waals surface area (Å²) in [7, 11) is 0. The van der Waals surface area contributed by atoms with Gasteiger partial charge in [-0.05, 0) is 31.0 Å². The smallest absolute Gasteiger partial charge is 0.396 e. The zero-order valence-electron chi connectivity index (χ0n) is 12.8. The average Bonchev–Trinajstić information content (AvgIpc) is 2.44. The van der Waals surface area contributed by atoms with Crippen LogP contribution in [0.15, 0.2) is 18.2 Å². The van der Waals surface area contributed by atoms with E-state index >= 15 is 0 Å². The summed E-state index contributed by atoms with van der Waals surface area (Å²) in [6.07, 6.45) is -3.80. The van der Waals surface area contributed by atoms with Crippen molar-refractivity contribution in [2.75, 3.05) is 11.9 Å². The zero-order chi connectivity index (χ0) is 17.6. The molecule has 2 amide bonds. The summed E-state index contributed by atoms with van der Waals surface area (Å²) < 4.78 is 38.8. The second-order valence-electron chi connectivity index (χ2n) is 5.07. The molecule has 0 aliphatic heterocycles. The van der Waals surface area contributed by atoms with Gasteiger partial charge in [0.25, 0.3) is 5.91 Å². The van der Waals surface area contributed by atoms with E-state index in [1.165, 1.54) is 6.07 Å². The SMILES string of the molecule is CCC(CCO)NC(=O)c1cc(NC(C)=O)cc(C(F)(F)F)c1. The first-order valence-corrected chi connectivity index (χ1v) is 7.09. The lowest BCUT2D eigenvalue weighted by Gasteiger charge is -2.17. The number of nitrogens with one attached hydrogen (secondary N) is 2. The molecule has 0 fully saturated rings. The first-order chi connectivity index (χ1) is 10.7. The summed E-state index contributed by atoms with van der Waals surface area (Å²) >= 11 is 0.